The van der Waals surface area contributed by atoms with Crippen molar-refractivity contribution in [1.29, 1.82) is 0 Å². The Balaban J connectivity index is 1.62. The highest BCUT2D eigenvalue weighted by molar-refractivity contribution is 5.78. The van der Waals surface area contributed by atoms with E-state index in [1.165, 1.54) is 12.1 Å². The van der Waals surface area contributed by atoms with Gasteiger partial charge in [-0.25, -0.2) is 4.39 Å². The van der Waals surface area contributed by atoms with Crippen LogP contribution >= 0.6 is 0 Å². The maximum Gasteiger partial charge on any atom is 0.260 e. The Bertz CT molecular complexity index is 721. The van der Waals surface area contributed by atoms with E-state index in [2.05, 4.69) is 10.3 Å². The predicted molar refractivity (Wildman–Crippen MR) is 83.0 cm³/mol. The molecule has 2 aromatic rings. The SMILES string of the molecule is CO[C@@H]1CN(C(=O)COc2ccccc2F)C[C@H]1c1cn(C)nn1. The van der Waals surface area contributed by atoms with Crippen LogP contribution in [0.3, 0.4) is 0 Å². The van der Waals surface area contributed by atoms with E-state index in [1.54, 1.807) is 35.9 Å². The van der Waals surface area contributed by atoms with Crippen LogP contribution in [-0.4, -0.2) is 58.7 Å². The van der Waals surface area contributed by atoms with Gasteiger partial charge in [0.25, 0.3) is 5.91 Å². The van der Waals surface area contributed by atoms with Crippen LogP contribution in [0.4, 0.5) is 4.39 Å². The average molecular weight is 334 g/mol. The van der Waals surface area contributed by atoms with Gasteiger partial charge in [-0.05, 0) is 12.1 Å². The fraction of sp³-hybridized carbons (Fsp3) is 0.438. The third-order valence-corrected chi connectivity index (χ3v) is 4.11. The van der Waals surface area contributed by atoms with Gasteiger partial charge in [-0.15, -0.1) is 5.10 Å². The summed E-state index contributed by atoms with van der Waals surface area (Å²) in [6.07, 6.45) is 1.67. The van der Waals surface area contributed by atoms with Crippen molar-refractivity contribution >= 4 is 5.91 Å². The second-order valence-corrected chi connectivity index (χ2v) is 5.72. The van der Waals surface area contributed by atoms with Crippen molar-refractivity contribution in [3.8, 4) is 5.75 Å². The number of carbonyl (C=O) groups is 1. The Labute approximate surface area is 139 Å². The Kier molecular flexibility index (Phi) is 4.75. The van der Waals surface area contributed by atoms with Gasteiger partial charge < -0.3 is 14.4 Å². The van der Waals surface area contributed by atoms with Gasteiger partial charge in [0.15, 0.2) is 18.2 Å². The van der Waals surface area contributed by atoms with Crippen LogP contribution in [0.15, 0.2) is 30.5 Å². The van der Waals surface area contributed by atoms with Crippen LogP contribution in [0.2, 0.25) is 0 Å². The molecule has 2 atom stereocenters. The number of likely N-dealkylation sites (tertiary alicyclic amines) is 1. The molecule has 0 bridgehead atoms. The molecule has 1 amide bonds. The van der Waals surface area contributed by atoms with E-state index in [0.29, 0.717) is 13.1 Å². The molecule has 7 nitrogen and oxygen atoms in total. The normalized spacial score (nSPS) is 20.4. The zero-order valence-electron chi connectivity index (χ0n) is 13.6. The van der Waals surface area contributed by atoms with Crippen LogP contribution in [0.5, 0.6) is 5.75 Å². The summed E-state index contributed by atoms with van der Waals surface area (Å²) in [6, 6.07) is 6.01. The Hall–Kier alpha value is -2.48. The minimum Gasteiger partial charge on any atom is -0.481 e. The van der Waals surface area contributed by atoms with Gasteiger partial charge in [0.1, 0.15) is 0 Å². The zero-order chi connectivity index (χ0) is 17.1. The quantitative estimate of drug-likeness (QED) is 0.815. The molecule has 0 aliphatic carbocycles. The highest BCUT2D eigenvalue weighted by Crippen LogP contribution is 2.28. The molecule has 1 aromatic carbocycles. The van der Waals surface area contributed by atoms with Gasteiger partial charge in [-0.3, -0.25) is 9.48 Å². The first-order valence-corrected chi connectivity index (χ1v) is 7.62. The smallest absolute Gasteiger partial charge is 0.260 e. The first-order chi connectivity index (χ1) is 11.6. The standard InChI is InChI=1S/C16H19FN4O3/c1-20-8-13(18-19-20)11-7-21(9-15(11)23-2)16(22)10-24-14-6-4-3-5-12(14)17/h3-6,8,11,15H,7,9-10H2,1-2H3/t11-,15+/m0/s1. The number of halogens is 1. The largest absolute Gasteiger partial charge is 0.481 e. The van der Waals surface area contributed by atoms with E-state index in [4.69, 9.17) is 9.47 Å². The number of hydrogen-bond acceptors (Lipinski definition) is 5. The van der Waals surface area contributed by atoms with Gasteiger partial charge in [-0.2, -0.15) is 0 Å². The van der Waals surface area contributed by atoms with Crippen molar-refractivity contribution in [2.45, 2.75) is 12.0 Å². The zero-order valence-corrected chi connectivity index (χ0v) is 13.6. The Morgan fingerprint density at radius 2 is 2.17 bits per heavy atom. The van der Waals surface area contributed by atoms with Gasteiger partial charge in [0, 0.05) is 33.4 Å². The number of carbonyl (C=O) groups excluding carboxylic acids is 1. The van der Waals surface area contributed by atoms with Gasteiger partial charge in [0.05, 0.1) is 17.7 Å². The number of aryl methyl sites for hydroxylation is 1. The average Bonchev–Trinajstić information content (AvgIpc) is 3.19. The Morgan fingerprint density at radius 3 is 2.83 bits per heavy atom. The lowest BCUT2D eigenvalue weighted by atomic mass is 10.0. The van der Waals surface area contributed by atoms with E-state index in [0.717, 1.165) is 5.69 Å². The molecule has 0 saturated carbocycles. The molecule has 1 saturated heterocycles. The highest BCUT2D eigenvalue weighted by atomic mass is 19.1. The minimum atomic E-state index is -0.487. The first-order valence-electron chi connectivity index (χ1n) is 7.62. The topological polar surface area (TPSA) is 69.5 Å². The van der Waals surface area contributed by atoms with Gasteiger partial charge in [-0.1, -0.05) is 17.3 Å². The number of aromatic nitrogens is 3. The molecule has 1 aliphatic rings. The fourth-order valence-corrected chi connectivity index (χ4v) is 2.83. The summed E-state index contributed by atoms with van der Waals surface area (Å²) in [7, 11) is 3.40. The molecular weight excluding hydrogens is 315 g/mol. The van der Waals surface area contributed by atoms with Gasteiger partial charge >= 0.3 is 0 Å². The summed E-state index contributed by atoms with van der Waals surface area (Å²) in [6.45, 7) is 0.693. The van der Waals surface area contributed by atoms with Crippen molar-refractivity contribution in [3.05, 3.63) is 42.0 Å². The summed E-state index contributed by atoms with van der Waals surface area (Å²) in [5.74, 6) is -0.675. The molecule has 0 N–H and O–H groups in total. The summed E-state index contributed by atoms with van der Waals surface area (Å²) in [4.78, 5) is 14.0. The molecule has 0 unspecified atom stereocenters. The Morgan fingerprint density at radius 1 is 1.38 bits per heavy atom. The lowest BCUT2D eigenvalue weighted by Crippen LogP contribution is -2.34. The van der Waals surface area contributed by atoms with Crippen molar-refractivity contribution in [2.75, 3.05) is 26.8 Å². The number of para-hydroxylation sites is 1. The fourth-order valence-electron chi connectivity index (χ4n) is 2.83. The van der Waals surface area contributed by atoms with E-state index < -0.39 is 5.82 Å². The first kappa shape index (κ1) is 16.4. The van der Waals surface area contributed by atoms with E-state index in [-0.39, 0.29) is 30.3 Å². The summed E-state index contributed by atoms with van der Waals surface area (Å²) < 4.78 is 25.9. The van der Waals surface area contributed by atoms with Crippen LogP contribution < -0.4 is 4.74 Å². The number of benzene rings is 1. The molecule has 24 heavy (non-hydrogen) atoms. The third-order valence-electron chi connectivity index (χ3n) is 4.11. The maximum atomic E-state index is 13.5. The van der Waals surface area contributed by atoms with Crippen molar-refractivity contribution < 1.29 is 18.7 Å². The molecule has 0 radical (unpaired) electrons. The molecule has 2 heterocycles. The van der Waals surface area contributed by atoms with Crippen LogP contribution in [0.25, 0.3) is 0 Å². The number of amides is 1. The van der Waals surface area contributed by atoms with Crippen LogP contribution in [0, 0.1) is 5.82 Å². The number of rotatable bonds is 5. The summed E-state index contributed by atoms with van der Waals surface area (Å²) >= 11 is 0. The van der Waals surface area contributed by atoms with Crippen LogP contribution in [-0.2, 0) is 16.6 Å². The maximum absolute atomic E-state index is 13.5. The molecule has 128 valence electrons. The number of ether oxygens (including phenoxy) is 2. The second kappa shape index (κ2) is 6.96. The molecule has 8 heteroatoms. The van der Waals surface area contributed by atoms with Crippen molar-refractivity contribution in [1.82, 2.24) is 19.9 Å². The minimum absolute atomic E-state index is 0.0406. The van der Waals surface area contributed by atoms with E-state index >= 15 is 0 Å². The van der Waals surface area contributed by atoms with Crippen LogP contribution in [0.1, 0.15) is 11.6 Å². The third kappa shape index (κ3) is 3.38. The lowest BCUT2D eigenvalue weighted by Gasteiger charge is -2.16. The molecular formula is C16H19FN4O3. The summed E-state index contributed by atoms with van der Waals surface area (Å²) in [5.41, 5.74) is 0.787. The molecule has 0 spiro atoms. The molecule has 1 aromatic heterocycles. The second-order valence-electron chi connectivity index (χ2n) is 5.72. The number of nitrogens with zero attached hydrogens (tertiary/aromatic N) is 4. The molecule has 1 aliphatic heterocycles. The molecule has 1 fully saturated rings. The van der Waals surface area contributed by atoms with Crippen molar-refractivity contribution in [2.24, 2.45) is 7.05 Å². The monoisotopic (exact) mass is 334 g/mol. The summed E-state index contributed by atoms with van der Waals surface area (Å²) in [5, 5.41) is 8.04. The van der Waals surface area contributed by atoms with E-state index in [9.17, 15) is 9.18 Å². The number of methoxy groups -OCH3 is 1. The molecule has 3 rings (SSSR count). The van der Waals surface area contributed by atoms with Crippen molar-refractivity contribution in [3.63, 3.8) is 0 Å². The lowest BCUT2D eigenvalue weighted by molar-refractivity contribution is -0.132. The van der Waals surface area contributed by atoms with E-state index in [1.807, 2.05) is 6.20 Å². The number of hydrogen-bond donors (Lipinski definition) is 0. The predicted octanol–water partition coefficient (Wildman–Crippen LogP) is 0.974. The van der Waals surface area contributed by atoms with Gasteiger partial charge in [0.2, 0.25) is 0 Å². The highest BCUT2D eigenvalue weighted by Gasteiger charge is 2.38.